The van der Waals surface area contributed by atoms with Crippen molar-refractivity contribution in [1.29, 1.82) is 0 Å². The summed E-state index contributed by atoms with van der Waals surface area (Å²) in [4.78, 5) is 49.4. The fraction of sp³-hybridized carbons (Fsp3) is 0.226. The summed E-state index contributed by atoms with van der Waals surface area (Å²) in [5.41, 5.74) is 2.73. The SMILES string of the molecule is COc1ccc(CN(C(=O)O)c2ncc(-c3ccc4cnc(NC(=O)c5ccnc(N6CCN(C)CC6)c5)nc4c3)s2)cc1. The topological polar surface area (TPSA) is 137 Å². The molecular weight excluding hydrogens is 580 g/mol. The van der Waals surface area contributed by atoms with Crippen LogP contribution in [0.2, 0.25) is 0 Å². The van der Waals surface area contributed by atoms with Crippen LogP contribution in [0.4, 0.5) is 21.7 Å². The van der Waals surface area contributed by atoms with Gasteiger partial charge in [-0.3, -0.25) is 10.1 Å². The molecule has 6 rings (SSSR count). The Morgan fingerprint density at radius 2 is 1.80 bits per heavy atom. The minimum absolute atomic E-state index is 0.147. The maximum atomic E-state index is 13.1. The van der Waals surface area contributed by atoms with Crippen LogP contribution in [0.15, 0.2) is 73.2 Å². The molecule has 2 amide bonds. The molecule has 1 aliphatic rings. The molecule has 2 aromatic carbocycles. The van der Waals surface area contributed by atoms with Crippen LogP contribution in [0.1, 0.15) is 15.9 Å². The van der Waals surface area contributed by atoms with Crippen molar-refractivity contribution in [3.63, 3.8) is 0 Å². The first-order valence-electron chi connectivity index (χ1n) is 13.9. The van der Waals surface area contributed by atoms with Crippen LogP contribution in [0.5, 0.6) is 5.75 Å². The van der Waals surface area contributed by atoms with Crippen LogP contribution in [0, 0.1) is 0 Å². The third-order valence-electron chi connectivity index (χ3n) is 7.38. The second-order valence-electron chi connectivity index (χ2n) is 10.3. The number of thiazole rings is 1. The highest BCUT2D eigenvalue weighted by atomic mass is 32.1. The summed E-state index contributed by atoms with van der Waals surface area (Å²) in [7, 11) is 3.67. The number of methoxy groups -OCH3 is 1. The Bertz CT molecular complexity index is 1800. The lowest BCUT2D eigenvalue weighted by molar-refractivity contribution is 0.102. The highest BCUT2D eigenvalue weighted by molar-refractivity contribution is 7.19. The van der Waals surface area contributed by atoms with Gasteiger partial charge >= 0.3 is 6.09 Å². The fourth-order valence-electron chi connectivity index (χ4n) is 4.83. The lowest BCUT2D eigenvalue weighted by atomic mass is 10.1. The molecule has 44 heavy (non-hydrogen) atoms. The van der Waals surface area contributed by atoms with E-state index in [0.29, 0.717) is 22.0 Å². The first-order valence-corrected chi connectivity index (χ1v) is 14.8. The lowest BCUT2D eigenvalue weighted by Crippen LogP contribution is -2.44. The number of ether oxygens (including phenoxy) is 1. The van der Waals surface area contributed by atoms with Crippen molar-refractivity contribution in [3.05, 3.63) is 84.3 Å². The second-order valence-corrected chi connectivity index (χ2v) is 11.3. The zero-order valence-electron chi connectivity index (χ0n) is 24.2. The van der Waals surface area contributed by atoms with Gasteiger partial charge < -0.3 is 19.6 Å². The summed E-state index contributed by atoms with van der Waals surface area (Å²) in [6, 6.07) is 16.4. The predicted molar refractivity (Wildman–Crippen MR) is 170 cm³/mol. The summed E-state index contributed by atoms with van der Waals surface area (Å²) >= 11 is 1.27. The van der Waals surface area contributed by atoms with E-state index >= 15 is 0 Å². The lowest BCUT2D eigenvalue weighted by Gasteiger charge is -2.33. The molecule has 5 aromatic rings. The first-order chi connectivity index (χ1) is 21.4. The molecule has 0 saturated carbocycles. The Morgan fingerprint density at radius 1 is 1.00 bits per heavy atom. The number of benzene rings is 2. The van der Waals surface area contributed by atoms with Crippen molar-refractivity contribution in [1.82, 2.24) is 24.8 Å². The molecule has 4 heterocycles. The molecule has 3 aromatic heterocycles. The predicted octanol–water partition coefficient (Wildman–Crippen LogP) is 4.85. The Hall–Kier alpha value is -5.14. The number of nitrogens with one attached hydrogen (secondary N) is 1. The van der Waals surface area contributed by atoms with Crippen LogP contribution in [-0.4, -0.2) is 82.3 Å². The summed E-state index contributed by atoms with van der Waals surface area (Å²) in [5, 5.41) is 13.8. The number of fused-ring (bicyclic) bond motifs is 1. The quantitative estimate of drug-likeness (QED) is 0.251. The summed E-state index contributed by atoms with van der Waals surface area (Å²) < 4.78 is 5.19. The Labute approximate surface area is 257 Å². The van der Waals surface area contributed by atoms with Gasteiger partial charge in [0.25, 0.3) is 5.91 Å². The smallest absolute Gasteiger partial charge is 0.413 e. The van der Waals surface area contributed by atoms with Gasteiger partial charge in [-0.2, -0.15) is 0 Å². The maximum absolute atomic E-state index is 13.1. The number of amides is 2. The molecule has 13 heteroatoms. The highest BCUT2D eigenvalue weighted by Crippen LogP contribution is 2.33. The van der Waals surface area contributed by atoms with Crippen molar-refractivity contribution in [2.75, 3.05) is 55.5 Å². The normalized spacial score (nSPS) is 13.5. The molecule has 12 nitrogen and oxygen atoms in total. The van der Waals surface area contributed by atoms with Crippen LogP contribution in [0.3, 0.4) is 0 Å². The molecular formula is C31H30N8O4S. The van der Waals surface area contributed by atoms with E-state index < -0.39 is 6.09 Å². The molecule has 2 N–H and O–H groups in total. The second kappa shape index (κ2) is 12.6. The standard InChI is InChI=1S/C31H30N8O4S/c1-37-11-13-38(14-12-37)27-16-22(9-10-32-27)28(40)36-29-33-17-23-6-5-21(15-25(23)35-29)26-18-34-30(44-26)39(31(41)42)19-20-3-7-24(43-2)8-4-20/h3-10,15-18H,11-14,19H2,1-2H3,(H,41,42)(H,33,35,36,40). The van der Waals surface area contributed by atoms with E-state index in [0.717, 1.165) is 53.4 Å². The van der Waals surface area contributed by atoms with E-state index in [-0.39, 0.29) is 18.4 Å². The monoisotopic (exact) mass is 610 g/mol. The molecule has 0 aliphatic carbocycles. The van der Waals surface area contributed by atoms with Gasteiger partial charge in [0.15, 0.2) is 5.13 Å². The number of aromatic nitrogens is 4. The summed E-state index contributed by atoms with van der Waals surface area (Å²) in [5.74, 6) is 1.32. The molecule has 0 radical (unpaired) electrons. The van der Waals surface area contributed by atoms with Gasteiger partial charge in [0, 0.05) is 55.7 Å². The summed E-state index contributed by atoms with van der Waals surface area (Å²) in [6.45, 7) is 3.73. The number of rotatable bonds is 8. The van der Waals surface area contributed by atoms with Crippen molar-refractivity contribution in [3.8, 4) is 16.2 Å². The number of carboxylic acid groups (broad SMARTS) is 1. The van der Waals surface area contributed by atoms with E-state index in [9.17, 15) is 14.7 Å². The summed E-state index contributed by atoms with van der Waals surface area (Å²) in [6.07, 6.45) is 3.85. The van der Waals surface area contributed by atoms with Gasteiger partial charge in [-0.15, -0.1) is 0 Å². The van der Waals surface area contributed by atoms with E-state index in [1.54, 1.807) is 50.0 Å². The number of hydrogen-bond donors (Lipinski definition) is 2. The Balaban J connectivity index is 1.18. The zero-order valence-corrected chi connectivity index (χ0v) is 25.0. The number of anilines is 3. The molecule has 0 atom stereocenters. The third kappa shape index (κ3) is 6.43. The van der Waals surface area contributed by atoms with Crippen LogP contribution in [-0.2, 0) is 6.54 Å². The minimum Gasteiger partial charge on any atom is -0.497 e. The molecule has 0 unspecified atom stereocenters. The fourth-order valence-corrected chi connectivity index (χ4v) is 5.74. The number of pyridine rings is 1. The molecule has 1 aliphatic heterocycles. The van der Waals surface area contributed by atoms with E-state index in [4.69, 9.17) is 4.74 Å². The number of piperazine rings is 1. The van der Waals surface area contributed by atoms with E-state index in [1.807, 2.05) is 30.3 Å². The van der Waals surface area contributed by atoms with Gasteiger partial charge in [0.05, 0.1) is 24.0 Å². The Kier molecular flexibility index (Phi) is 8.30. The van der Waals surface area contributed by atoms with Gasteiger partial charge in [-0.1, -0.05) is 35.6 Å². The van der Waals surface area contributed by atoms with Gasteiger partial charge in [0.1, 0.15) is 11.6 Å². The largest absolute Gasteiger partial charge is 0.497 e. The molecule has 224 valence electrons. The van der Waals surface area contributed by atoms with Crippen LogP contribution < -0.4 is 19.9 Å². The molecule has 0 bridgehead atoms. The highest BCUT2D eigenvalue weighted by Gasteiger charge is 2.20. The average molecular weight is 611 g/mol. The van der Waals surface area contributed by atoms with Crippen molar-refractivity contribution >= 4 is 51.1 Å². The molecule has 1 saturated heterocycles. The van der Waals surface area contributed by atoms with Crippen molar-refractivity contribution < 1.29 is 19.4 Å². The maximum Gasteiger partial charge on any atom is 0.413 e. The number of nitrogens with zero attached hydrogens (tertiary/aromatic N) is 7. The number of hydrogen-bond acceptors (Lipinski definition) is 10. The van der Waals surface area contributed by atoms with Crippen molar-refractivity contribution in [2.45, 2.75) is 6.54 Å². The van der Waals surface area contributed by atoms with Crippen molar-refractivity contribution in [2.24, 2.45) is 0 Å². The van der Waals surface area contributed by atoms with Gasteiger partial charge in [0.2, 0.25) is 5.95 Å². The average Bonchev–Trinajstić information content (AvgIpc) is 3.54. The minimum atomic E-state index is -1.10. The molecule has 0 spiro atoms. The zero-order chi connectivity index (χ0) is 30.6. The number of likely N-dealkylation sites (N-methyl/N-ethyl adjacent to an activating group) is 1. The Morgan fingerprint density at radius 3 is 2.55 bits per heavy atom. The van der Waals surface area contributed by atoms with Gasteiger partial charge in [-0.05, 0) is 48.5 Å². The first kappa shape index (κ1) is 29.0. The third-order valence-corrected chi connectivity index (χ3v) is 8.45. The van der Waals surface area contributed by atoms with E-state index in [2.05, 4.69) is 42.1 Å². The van der Waals surface area contributed by atoms with Crippen LogP contribution >= 0.6 is 11.3 Å². The van der Waals surface area contributed by atoms with Crippen LogP contribution in [0.25, 0.3) is 21.3 Å². The number of carbonyl (C=O) groups is 2. The van der Waals surface area contributed by atoms with E-state index in [1.165, 1.54) is 16.2 Å². The van der Waals surface area contributed by atoms with Gasteiger partial charge in [-0.25, -0.2) is 29.6 Å². The number of carbonyl (C=O) groups excluding carboxylic acids is 1. The molecule has 1 fully saturated rings.